The van der Waals surface area contributed by atoms with Crippen molar-refractivity contribution in [2.45, 2.75) is 74.9 Å². The average Bonchev–Trinajstić information content (AvgIpc) is 4.10. The third-order valence-corrected chi connectivity index (χ3v) is 10.9. The number of benzene rings is 5. The zero-order valence-corrected chi connectivity index (χ0v) is 33.0. The fourth-order valence-corrected chi connectivity index (χ4v) is 7.44. The van der Waals surface area contributed by atoms with E-state index in [2.05, 4.69) is 0 Å². The zero-order valence-electron chi connectivity index (χ0n) is 32.2. The van der Waals surface area contributed by atoms with Crippen molar-refractivity contribution in [2.75, 3.05) is 33.5 Å². The molecule has 5 aromatic rings. The number of hydrogen-bond donors (Lipinski definition) is 2. The average molecular weight is 795 g/mol. The summed E-state index contributed by atoms with van der Waals surface area (Å²) in [6.07, 6.45) is 0.243. The van der Waals surface area contributed by atoms with Gasteiger partial charge in [0.15, 0.2) is 0 Å². The largest absolute Gasteiger partial charge is 0.491 e. The van der Waals surface area contributed by atoms with Gasteiger partial charge < -0.3 is 43.4 Å². The highest BCUT2D eigenvalue weighted by Crippen LogP contribution is 2.48. The maximum atomic E-state index is 11.2. The van der Waals surface area contributed by atoms with Gasteiger partial charge in [0.25, 0.3) is 0 Å². The summed E-state index contributed by atoms with van der Waals surface area (Å²) in [5.74, 6) is -0.950. The topological polar surface area (TPSA) is 105 Å². The molecular weight excluding hydrogens is 744 g/mol. The molecule has 0 aromatic heterocycles. The Bertz CT molecular complexity index is 1960. The lowest BCUT2D eigenvalue weighted by Crippen LogP contribution is -2.72. The van der Waals surface area contributed by atoms with Gasteiger partial charge in [-0.25, -0.2) is 0 Å². The van der Waals surface area contributed by atoms with Crippen LogP contribution in [0.25, 0.3) is 0 Å². The first-order valence-corrected chi connectivity index (χ1v) is 19.9. The predicted molar refractivity (Wildman–Crippen MR) is 217 cm³/mol. The van der Waals surface area contributed by atoms with Crippen LogP contribution in [-0.4, -0.2) is 73.8 Å². The summed E-state index contributed by atoms with van der Waals surface area (Å²) >= 11 is 6.90. The van der Waals surface area contributed by atoms with Crippen LogP contribution < -0.4 is 4.74 Å². The van der Waals surface area contributed by atoms with E-state index in [0.29, 0.717) is 36.3 Å². The zero-order chi connectivity index (χ0) is 39.5. The molecular formula is C47H51ClO9. The molecule has 2 fully saturated rings. The predicted octanol–water partition coefficient (Wildman–Crippen LogP) is 7.80. The van der Waals surface area contributed by atoms with Gasteiger partial charge in [-0.3, -0.25) is 0 Å². The molecule has 1 aliphatic carbocycles. The molecule has 0 radical (unpaired) electrons. The molecule has 2 aliphatic rings. The minimum atomic E-state index is -1.71. The van der Waals surface area contributed by atoms with Crippen molar-refractivity contribution in [2.24, 2.45) is 0 Å². The fourth-order valence-electron chi connectivity index (χ4n) is 7.26. The van der Waals surface area contributed by atoms with E-state index in [1.54, 1.807) is 6.07 Å². The van der Waals surface area contributed by atoms with Crippen molar-refractivity contribution >= 4 is 11.6 Å². The van der Waals surface area contributed by atoms with E-state index < -0.39 is 42.9 Å². The molecule has 9 nitrogen and oxygen atoms in total. The van der Waals surface area contributed by atoms with Crippen molar-refractivity contribution < 1.29 is 43.4 Å². The minimum Gasteiger partial charge on any atom is -0.491 e. The number of ether oxygens (including phenoxy) is 7. The molecule has 0 amide bonds. The standard InChI is InChI=1S/C47H51ClO9/c1-51-47(39-19-24-42(48)38(28-39)27-34-17-20-40(21-18-34)52-25-26-53-41-22-23-41)45(56-31-37-15-9-4-10-16-37)43(54-29-35-11-5-2-6-12-35)44(46(32-49,33-50)57-47)55-30-36-13-7-3-8-14-36/h2-21,24,28,41,43-45,49-50H,22-23,25-27,29-33H2,1H3/t43-,44-,45+,47-/m0/s1. The van der Waals surface area contributed by atoms with Crippen molar-refractivity contribution in [3.05, 3.63) is 172 Å². The molecule has 1 saturated heterocycles. The van der Waals surface area contributed by atoms with Crippen molar-refractivity contribution in [1.29, 1.82) is 0 Å². The van der Waals surface area contributed by atoms with E-state index in [1.807, 2.05) is 127 Å². The SMILES string of the molecule is CO[C@@]1(c2ccc(Cl)c(Cc3ccc(OCCOC4CC4)cc3)c2)OC(CO)(CO)[C@@H](OCc2ccccc2)[C@H](OCc2ccccc2)[C@H]1OCc1ccccc1. The Hall–Kier alpha value is -4.13. The van der Waals surface area contributed by atoms with Crippen molar-refractivity contribution in [1.82, 2.24) is 0 Å². The van der Waals surface area contributed by atoms with E-state index in [4.69, 9.17) is 44.8 Å². The van der Waals surface area contributed by atoms with Gasteiger partial charge in [0.1, 0.15) is 36.3 Å². The van der Waals surface area contributed by atoms with Crippen molar-refractivity contribution in [3.63, 3.8) is 0 Å². The minimum absolute atomic E-state index is 0.163. The lowest BCUT2D eigenvalue weighted by atomic mass is 9.80. The number of aliphatic hydroxyl groups is 2. The van der Waals surface area contributed by atoms with Crippen LogP contribution in [0.5, 0.6) is 5.75 Å². The summed E-state index contributed by atoms with van der Waals surface area (Å²) in [6, 6.07) is 42.8. The second-order valence-electron chi connectivity index (χ2n) is 14.6. The van der Waals surface area contributed by atoms with Crippen LogP contribution in [0.15, 0.2) is 133 Å². The van der Waals surface area contributed by atoms with Crippen LogP contribution in [0.3, 0.4) is 0 Å². The second kappa shape index (κ2) is 19.5. The molecule has 2 N–H and O–H groups in total. The van der Waals surface area contributed by atoms with Gasteiger partial charge in [-0.15, -0.1) is 0 Å². The summed E-state index contributed by atoms with van der Waals surface area (Å²) in [7, 11) is 1.53. The highest BCUT2D eigenvalue weighted by molar-refractivity contribution is 6.31. The molecule has 4 atom stereocenters. The summed E-state index contributed by atoms with van der Waals surface area (Å²) in [5, 5.41) is 23.0. The van der Waals surface area contributed by atoms with Gasteiger partial charge in [-0.2, -0.15) is 0 Å². The van der Waals surface area contributed by atoms with Gasteiger partial charge in [0, 0.05) is 17.7 Å². The van der Waals surface area contributed by atoms with Gasteiger partial charge >= 0.3 is 0 Å². The molecule has 1 saturated carbocycles. The Labute approximate surface area is 340 Å². The first kappa shape index (κ1) is 41.0. The van der Waals surface area contributed by atoms with Crippen LogP contribution in [-0.2, 0) is 60.4 Å². The van der Waals surface area contributed by atoms with E-state index in [-0.39, 0.29) is 19.8 Å². The third-order valence-electron chi connectivity index (χ3n) is 10.5. The summed E-state index contributed by atoms with van der Waals surface area (Å²) < 4.78 is 45.4. The number of rotatable bonds is 20. The Morgan fingerprint density at radius 3 is 1.74 bits per heavy atom. The molecule has 10 heteroatoms. The Balaban J connectivity index is 1.25. The van der Waals surface area contributed by atoms with Gasteiger partial charge in [-0.1, -0.05) is 121 Å². The first-order chi connectivity index (χ1) is 27.9. The van der Waals surface area contributed by atoms with E-state index in [9.17, 15) is 10.2 Å². The van der Waals surface area contributed by atoms with Crippen LogP contribution in [0.1, 0.15) is 46.2 Å². The van der Waals surface area contributed by atoms with Crippen LogP contribution >= 0.6 is 11.6 Å². The second-order valence-corrected chi connectivity index (χ2v) is 15.0. The van der Waals surface area contributed by atoms with Crippen LogP contribution in [0.2, 0.25) is 5.02 Å². The highest BCUT2D eigenvalue weighted by Gasteiger charge is 2.64. The Morgan fingerprint density at radius 1 is 0.632 bits per heavy atom. The van der Waals surface area contributed by atoms with Crippen molar-refractivity contribution in [3.8, 4) is 5.75 Å². The quantitative estimate of drug-likeness (QED) is 0.0765. The van der Waals surface area contributed by atoms with E-state index >= 15 is 0 Å². The molecule has 5 aromatic carbocycles. The first-order valence-electron chi connectivity index (χ1n) is 19.5. The maximum absolute atomic E-state index is 11.2. The monoisotopic (exact) mass is 794 g/mol. The van der Waals surface area contributed by atoms with Crippen LogP contribution in [0, 0.1) is 0 Å². The summed E-state index contributed by atoms with van der Waals surface area (Å²) in [4.78, 5) is 0. The van der Waals surface area contributed by atoms with Gasteiger partial charge in [-0.05, 0) is 71.3 Å². The number of hydrogen-bond acceptors (Lipinski definition) is 9. The summed E-state index contributed by atoms with van der Waals surface area (Å²) in [5.41, 5.74) is 3.45. The smallest absolute Gasteiger partial charge is 0.225 e. The molecule has 1 aliphatic heterocycles. The third kappa shape index (κ3) is 10.1. The van der Waals surface area contributed by atoms with Gasteiger partial charge in [0.05, 0.1) is 45.7 Å². The molecule has 57 heavy (non-hydrogen) atoms. The molecule has 0 unspecified atom stereocenters. The lowest BCUT2D eigenvalue weighted by molar-refractivity contribution is -0.417. The Morgan fingerprint density at radius 2 is 1.19 bits per heavy atom. The maximum Gasteiger partial charge on any atom is 0.225 e. The number of halogens is 1. The Kier molecular flexibility index (Phi) is 14.1. The van der Waals surface area contributed by atoms with E-state index in [1.165, 1.54) is 7.11 Å². The fraction of sp³-hybridized carbons (Fsp3) is 0.362. The van der Waals surface area contributed by atoms with E-state index in [0.717, 1.165) is 46.4 Å². The van der Waals surface area contributed by atoms with Crippen LogP contribution in [0.4, 0.5) is 0 Å². The lowest BCUT2D eigenvalue weighted by Gasteiger charge is -2.56. The molecule has 300 valence electrons. The normalized spacial score (nSPS) is 21.6. The molecule has 1 heterocycles. The summed E-state index contributed by atoms with van der Waals surface area (Å²) in [6.45, 7) is 0.389. The molecule has 7 rings (SSSR count). The van der Waals surface area contributed by atoms with Gasteiger partial charge in [0.2, 0.25) is 5.79 Å². The number of methoxy groups -OCH3 is 1. The highest BCUT2D eigenvalue weighted by atomic mass is 35.5. The molecule has 0 bridgehead atoms. The molecule has 0 spiro atoms. The number of aliphatic hydroxyl groups excluding tert-OH is 2.